The van der Waals surface area contributed by atoms with Gasteiger partial charge in [0.15, 0.2) is 0 Å². The predicted octanol–water partition coefficient (Wildman–Crippen LogP) is 4.97. The number of nitrogens with zero attached hydrogens (tertiary/aromatic N) is 1. The maximum Gasteiger partial charge on any atom is 0.340 e. The van der Waals surface area contributed by atoms with Crippen LogP contribution in [0, 0.1) is 19.7 Å². The lowest BCUT2D eigenvalue weighted by Gasteiger charge is -2.19. The van der Waals surface area contributed by atoms with E-state index >= 15 is 0 Å². The van der Waals surface area contributed by atoms with E-state index in [0.29, 0.717) is 11.4 Å². The van der Waals surface area contributed by atoms with Crippen LogP contribution in [-0.2, 0) is 14.3 Å². The minimum atomic E-state index is -0.670. The first-order valence-corrected chi connectivity index (χ1v) is 9.01. The van der Waals surface area contributed by atoms with Gasteiger partial charge >= 0.3 is 5.97 Å². The Balaban J connectivity index is 2.21. The number of anilines is 1. The molecular weight excluding hydrogens is 381 g/mol. The van der Waals surface area contributed by atoms with Crippen molar-refractivity contribution in [3.8, 4) is 0 Å². The van der Waals surface area contributed by atoms with Gasteiger partial charge in [0.05, 0.1) is 23.3 Å². The Kier molecular flexibility index (Phi) is 5.38. The molecule has 1 aliphatic heterocycles. The van der Waals surface area contributed by atoms with E-state index in [1.54, 1.807) is 13.0 Å². The smallest absolute Gasteiger partial charge is 0.340 e. The molecule has 0 atom stereocenters. The first-order valence-electron chi connectivity index (χ1n) is 8.63. The highest BCUT2D eigenvalue weighted by Crippen LogP contribution is 2.37. The van der Waals surface area contributed by atoms with E-state index in [9.17, 15) is 14.0 Å². The third-order valence-corrected chi connectivity index (χ3v) is 5.16. The standard InChI is InChI=1S/C22H19ClFNO3/c1-12-8-9-15(10-13(12)2)25-14(3)20(22(27)28-4)17(21(25)26)11-16-18(23)6-5-7-19(16)24/h5-11H,1-4H3/b17-11+. The van der Waals surface area contributed by atoms with Gasteiger partial charge in [0.25, 0.3) is 5.91 Å². The molecule has 144 valence electrons. The Bertz CT molecular complexity index is 1040. The zero-order chi connectivity index (χ0) is 20.6. The maximum absolute atomic E-state index is 14.3. The lowest BCUT2D eigenvalue weighted by atomic mass is 10.0. The zero-order valence-electron chi connectivity index (χ0n) is 16.0. The molecule has 2 aromatic carbocycles. The fraction of sp³-hybridized carbons (Fsp3) is 0.182. The number of aryl methyl sites for hydroxylation is 2. The second-order valence-electron chi connectivity index (χ2n) is 6.55. The molecule has 2 aromatic rings. The molecule has 4 nitrogen and oxygen atoms in total. The van der Waals surface area contributed by atoms with Crippen molar-refractivity contribution in [1.82, 2.24) is 0 Å². The summed E-state index contributed by atoms with van der Waals surface area (Å²) >= 11 is 6.10. The van der Waals surface area contributed by atoms with Gasteiger partial charge in [0, 0.05) is 16.9 Å². The molecule has 6 heteroatoms. The molecule has 0 unspecified atom stereocenters. The van der Waals surface area contributed by atoms with Crippen molar-refractivity contribution < 1.29 is 18.7 Å². The van der Waals surface area contributed by atoms with Gasteiger partial charge in [-0.3, -0.25) is 9.69 Å². The van der Waals surface area contributed by atoms with Crippen molar-refractivity contribution in [3.63, 3.8) is 0 Å². The SMILES string of the molecule is COC(=O)C1=C(C)N(c2ccc(C)c(C)c2)C(=O)/C1=C/c1c(F)cccc1Cl. The quantitative estimate of drug-likeness (QED) is 0.540. The zero-order valence-corrected chi connectivity index (χ0v) is 16.7. The summed E-state index contributed by atoms with van der Waals surface area (Å²) in [5.74, 6) is -1.70. The Morgan fingerprint density at radius 3 is 2.46 bits per heavy atom. The largest absolute Gasteiger partial charge is 0.465 e. The van der Waals surface area contributed by atoms with Crippen molar-refractivity contribution in [2.45, 2.75) is 20.8 Å². The summed E-state index contributed by atoms with van der Waals surface area (Å²) in [5, 5.41) is 0.145. The summed E-state index contributed by atoms with van der Waals surface area (Å²) in [6.45, 7) is 5.57. The van der Waals surface area contributed by atoms with Gasteiger partial charge in [-0.15, -0.1) is 0 Å². The van der Waals surface area contributed by atoms with E-state index in [1.807, 2.05) is 26.0 Å². The van der Waals surface area contributed by atoms with E-state index in [2.05, 4.69) is 0 Å². The molecule has 0 aliphatic carbocycles. The maximum atomic E-state index is 14.3. The number of hydrogen-bond acceptors (Lipinski definition) is 3. The number of ether oxygens (including phenoxy) is 1. The molecule has 28 heavy (non-hydrogen) atoms. The van der Waals surface area contributed by atoms with Crippen molar-refractivity contribution >= 4 is 35.2 Å². The second-order valence-corrected chi connectivity index (χ2v) is 6.96. The van der Waals surface area contributed by atoms with Crippen LogP contribution in [0.1, 0.15) is 23.6 Å². The average Bonchev–Trinajstić information content (AvgIpc) is 2.90. The number of rotatable bonds is 3. The minimum absolute atomic E-state index is 0.0366. The number of halogens is 2. The van der Waals surface area contributed by atoms with E-state index in [1.165, 1.54) is 36.3 Å². The third-order valence-electron chi connectivity index (χ3n) is 4.83. The number of benzene rings is 2. The highest BCUT2D eigenvalue weighted by Gasteiger charge is 2.38. The van der Waals surface area contributed by atoms with Crippen molar-refractivity contribution in [1.29, 1.82) is 0 Å². The number of carbonyl (C=O) groups is 2. The van der Waals surface area contributed by atoms with Gasteiger partial charge in [-0.25, -0.2) is 9.18 Å². The number of allylic oxidation sites excluding steroid dienone is 1. The normalized spacial score (nSPS) is 15.6. The molecule has 1 aliphatic rings. The lowest BCUT2D eigenvalue weighted by molar-refractivity contribution is -0.136. The lowest BCUT2D eigenvalue weighted by Crippen LogP contribution is -2.24. The van der Waals surface area contributed by atoms with Gasteiger partial charge < -0.3 is 4.74 Å². The molecule has 0 saturated carbocycles. The monoisotopic (exact) mass is 399 g/mol. The van der Waals surface area contributed by atoms with Crippen molar-refractivity contribution in [2.24, 2.45) is 0 Å². The predicted molar refractivity (Wildman–Crippen MR) is 108 cm³/mol. The van der Waals surface area contributed by atoms with Crippen LogP contribution in [0.4, 0.5) is 10.1 Å². The van der Waals surface area contributed by atoms with Gasteiger partial charge in [-0.1, -0.05) is 23.7 Å². The summed E-state index contributed by atoms with van der Waals surface area (Å²) in [5.41, 5.74) is 3.29. The Morgan fingerprint density at radius 1 is 1.14 bits per heavy atom. The van der Waals surface area contributed by atoms with Crippen LogP contribution in [0.15, 0.2) is 53.2 Å². The van der Waals surface area contributed by atoms with Crippen LogP contribution in [0.5, 0.6) is 0 Å². The molecule has 0 spiro atoms. The molecule has 0 bridgehead atoms. The average molecular weight is 400 g/mol. The van der Waals surface area contributed by atoms with Crippen LogP contribution >= 0.6 is 11.6 Å². The molecule has 0 fully saturated rings. The van der Waals surface area contributed by atoms with Crippen LogP contribution in [-0.4, -0.2) is 19.0 Å². The molecule has 0 radical (unpaired) electrons. The summed E-state index contributed by atoms with van der Waals surface area (Å²) in [6.07, 6.45) is 1.30. The van der Waals surface area contributed by atoms with Gasteiger partial charge in [0.1, 0.15) is 5.82 Å². The van der Waals surface area contributed by atoms with E-state index in [4.69, 9.17) is 16.3 Å². The molecule has 3 rings (SSSR count). The van der Waals surface area contributed by atoms with Gasteiger partial charge in [-0.05, 0) is 62.2 Å². The van der Waals surface area contributed by atoms with Crippen molar-refractivity contribution in [2.75, 3.05) is 12.0 Å². The third kappa shape index (κ3) is 3.34. The highest BCUT2D eigenvalue weighted by atomic mass is 35.5. The van der Waals surface area contributed by atoms with E-state index in [-0.39, 0.29) is 21.7 Å². The summed E-state index contributed by atoms with van der Waals surface area (Å²) in [4.78, 5) is 27.1. The number of amides is 1. The number of carbonyl (C=O) groups excluding carboxylic acids is 2. The van der Waals surface area contributed by atoms with Crippen LogP contribution in [0.2, 0.25) is 5.02 Å². The van der Waals surface area contributed by atoms with Crippen LogP contribution in [0.25, 0.3) is 6.08 Å². The molecule has 0 saturated heterocycles. The summed E-state index contributed by atoms with van der Waals surface area (Å²) in [7, 11) is 1.24. The summed E-state index contributed by atoms with van der Waals surface area (Å²) < 4.78 is 19.1. The van der Waals surface area contributed by atoms with Crippen LogP contribution in [0.3, 0.4) is 0 Å². The van der Waals surface area contributed by atoms with E-state index < -0.39 is 17.7 Å². The Hall–Kier alpha value is -2.92. The Labute approximate surface area is 167 Å². The first kappa shape index (κ1) is 19.8. The van der Waals surface area contributed by atoms with Gasteiger partial charge in [-0.2, -0.15) is 0 Å². The second kappa shape index (κ2) is 7.60. The fourth-order valence-corrected chi connectivity index (χ4v) is 3.37. The minimum Gasteiger partial charge on any atom is -0.465 e. The molecule has 0 N–H and O–H groups in total. The van der Waals surface area contributed by atoms with Crippen LogP contribution < -0.4 is 4.90 Å². The topological polar surface area (TPSA) is 46.6 Å². The molecule has 1 amide bonds. The molecule has 1 heterocycles. The van der Waals surface area contributed by atoms with Gasteiger partial charge in [0.2, 0.25) is 0 Å². The molecule has 0 aromatic heterocycles. The summed E-state index contributed by atoms with van der Waals surface area (Å²) in [6, 6.07) is 9.81. The number of esters is 1. The fourth-order valence-electron chi connectivity index (χ4n) is 3.15. The van der Waals surface area contributed by atoms with E-state index in [0.717, 1.165) is 11.1 Å². The molecular formula is C22H19ClFNO3. The van der Waals surface area contributed by atoms with Crippen molar-refractivity contribution in [3.05, 3.63) is 80.8 Å². The number of methoxy groups -OCH3 is 1. The first-order chi connectivity index (χ1) is 13.3. The highest BCUT2D eigenvalue weighted by molar-refractivity contribution is 6.32. The Morgan fingerprint density at radius 2 is 1.86 bits per heavy atom. The number of hydrogen-bond donors (Lipinski definition) is 0.